The predicted octanol–water partition coefficient (Wildman–Crippen LogP) is 2.86. The predicted molar refractivity (Wildman–Crippen MR) is 79.5 cm³/mol. The average molecular weight is 279 g/mol. The molecule has 0 spiro atoms. The van der Waals surface area contributed by atoms with Crippen LogP contribution < -0.4 is 5.32 Å². The largest absolute Gasteiger partial charge is 0.480 e. The Hall–Kier alpha value is -1.00. The lowest BCUT2D eigenvalue weighted by Crippen LogP contribution is -2.50. The van der Waals surface area contributed by atoms with Gasteiger partial charge in [-0.05, 0) is 36.3 Å². The molecule has 1 aromatic rings. The zero-order valence-corrected chi connectivity index (χ0v) is 12.1. The first-order valence-electron chi connectivity index (χ1n) is 6.83. The highest BCUT2D eigenvalue weighted by Gasteiger charge is 2.43. The van der Waals surface area contributed by atoms with E-state index in [0.717, 1.165) is 29.9 Å². The molecule has 1 fully saturated rings. The molecule has 104 valence electrons. The smallest absolute Gasteiger partial charge is 0.328 e. The Morgan fingerprint density at radius 2 is 2.11 bits per heavy atom. The molecule has 1 aliphatic rings. The van der Waals surface area contributed by atoms with E-state index in [2.05, 4.69) is 12.2 Å². The van der Waals surface area contributed by atoms with Gasteiger partial charge in [-0.3, -0.25) is 5.32 Å². The number of carbonyl (C=O) groups is 1. The maximum absolute atomic E-state index is 11.9. The van der Waals surface area contributed by atoms with Crippen molar-refractivity contribution in [1.82, 2.24) is 5.32 Å². The Balaban J connectivity index is 2.24. The van der Waals surface area contributed by atoms with Crippen LogP contribution in [0.2, 0.25) is 0 Å². The van der Waals surface area contributed by atoms with Crippen molar-refractivity contribution in [3.8, 4) is 0 Å². The van der Waals surface area contributed by atoms with Crippen LogP contribution in [-0.2, 0) is 10.3 Å². The second-order valence-electron chi connectivity index (χ2n) is 4.94. The third-order valence-corrected chi connectivity index (χ3v) is 4.39. The third-order valence-electron chi connectivity index (χ3n) is 3.49. The van der Waals surface area contributed by atoms with Crippen molar-refractivity contribution < 1.29 is 9.90 Å². The summed E-state index contributed by atoms with van der Waals surface area (Å²) in [4.78, 5) is 11.9. The average Bonchev–Trinajstić information content (AvgIpc) is 3.22. The van der Waals surface area contributed by atoms with Gasteiger partial charge in [0.1, 0.15) is 5.54 Å². The molecule has 2 rings (SSSR count). The monoisotopic (exact) mass is 279 g/mol. The molecule has 1 aromatic carbocycles. The maximum atomic E-state index is 11.9. The summed E-state index contributed by atoms with van der Waals surface area (Å²) in [5.41, 5.74) is -0.0592. The Kier molecular flexibility index (Phi) is 4.88. The first-order chi connectivity index (χ1) is 9.19. The van der Waals surface area contributed by atoms with Gasteiger partial charge in [0, 0.05) is 6.04 Å². The molecular weight excluding hydrogens is 258 g/mol. The Bertz CT molecular complexity index is 419. The maximum Gasteiger partial charge on any atom is 0.328 e. The fourth-order valence-corrected chi connectivity index (χ4v) is 3.00. The fourth-order valence-electron chi connectivity index (χ4n) is 2.26. The quantitative estimate of drug-likeness (QED) is 0.718. The number of hydrogen-bond acceptors (Lipinski definition) is 3. The van der Waals surface area contributed by atoms with E-state index in [1.165, 1.54) is 0 Å². The minimum atomic E-state index is -0.926. The molecule has 19 heavy (non-hydrogen) atoms. The van der Waals surface area contributed by atoms with Crippen molar-refractivity contribution >= 4 is 17.7 Å². The minimum absolute atomic E-state index is 0.364. The van der Waals surface area contributed by atoms with Crippen LogP contribution in [-0.4, -0.2) is 28.6 Å². The van der Waals surface area contributed by atoms with E-state index in [9.17, 15) is 9.90 Å². The molecule has 0 aliphatic heterocycles. The standard InChI is InChI=1S/C15H21NO2S/c1-2-19-11-10-15(14(17)18,16-13-8-9-13)12-6-4-3-5-7-12/h3-7,13,16H,2,8-11H2,1H3,(H,17,18). The van der Waals surface area contributed by atoms with Crippen molar-refractivity contribution in [3.05, 3.63) is 35.9 Å². The summed E-state index contributed by atoms with van der Waals surface area (Å²) < 4.78 is 0. The van der Waals surface area contributed by atoms with Gasteiger partial charge in [-0.1, -0.05) is 37.3 Å². The van der Waals surface area contributed by atoms with E-state index < -0.39 is 11.5 Å². The first kappa shape index (κ1) is 14.4. The van der Waals surface area contributed by atoms with E-state index in [0.29, 0.717) is 12.5 Å². The van der Waals surface area contributed by atoms with Crippen LogP contribution in [0.4, 0.5) is 0 Å². The zero-order chi connectivity index (χ0) is 13.7. The van der Waals surface area contributed by atoms with Crippen LogP contribution in [0.15, 0.2) is 30.3 Å². The molecule has 4 heteroatoms. The molecule has 1 aliphatic carbocycles. The summed E-state index contributed by atoms with van der Waals surface area (Å²) in [6.07, 6.45) is 2.80. The first-order valence-corrected chi connectivity index (χ1v) is 7.99. The van der Waals surface area contributed by atoms with Crippen LogP contribution >= 0.6 is 11.8 Å². The minimum Gasteiger partial charge on any atom is -0.480 e. The van der Waals surface area contributed by atoms with E-state index in [1.54, 1.807) is 11.8 Å². The summed E-state index contributed by atoms with van der Waals surface area (Å²) in [7, 11) is 0. The van der Waals surface area contributed by atoms with Gasteiger partial charge in [0.25, 0.3) is 0 Å². The Morgan fingerprint density at radius 1 is 1.42 bits per heavy atom. The van der Waals surface area contributed by atoms with E-state index in [1.807, 2.05) is 30.3 Å². The zero-order valence-electron chi connectivity index (χ0n) is 11.3. The molecule has 1 saturated carbocycles. The van der Waals surface area contributed by atoms with Gasteiger partial charge in [0.05, 0.1) is 0 Å². The third kappa shape index (κ3) is 3.51. The number of carboxylic acids is 1. The van der Waals surface area contributed by atoms with Gasteiger partial charge >= 0.3 is 5.97 Å². The van der Waals surface area contributed by atoms with Crippen LogP contribution in [0.5, 0.6) is 0 Å². The van der Waals surface area contributed by atoms with Gasteiger partial charge in [-0.15, -0.1) is 0 Å². The Morgan fingerprint density at radius 3 is 2.63 bits per heavy atom. The molecular formula is C15H21NO2S. The van der Waals surface area contributed by atoms with Crippen molar-refractivity contribution in [1.29, 1.82) is 0 Å². The molecule has 0 bridgehead atoms. The second kappa shape index (κ2) is 6.44. The number of rotatable bonds is 8. The second-order valence-corrected chi connectivity index (χ2v) is 6.34. The van der Waals surface area contributed by atoms with Crippen molar-refractivity contribution in [2.45, 2.75) is 37.8 Å². The fraction of sp³-hybridized carbons (Fsp3) is 0.533. The van der Waals surface area contributed by atoms with Gasteiger partial charge in [-0.2, -0.15) is 11.8 Å². The van der Waals surface area contributed by atoms with Crippen LogP contribution in [0, 0.1) is 0 Å². The summed E-state index contributed by atoms with van der Waals surface area (Å²) >= 11 is 1.79. The molecule has 0 amide bonds. The number of carboxylic acid groups (broad SMARTS) is 1. The summed E-state index contributed by atoms with van der Waals surface area (Å²) in [5, 5.41) is 13.1. The highest BCUT2D eigenvalue weighted by atomic mass is 32.2. The lowest BCUT2D eigenvalue weighted by atomic mass is 9.87. The Labute approximate surface area is 118 Å². The molecule has 0 saturated heterocycles. The van der Waals surface area contributed by atoms with E-state index >= 15 is 0 Å². The van der Waals surface area contributed by atoms with Crippen molar-refractivity contribution in [2.75, 3.05) is 11.5 Å². The van der Waals surface area contributed by atoms with E-state index in [-0.39, 0.29) is 0 Å². The molecule has 0 heterocycles. The number of benzene rings is 1. The normalized spacial score (nSPS) is 17.9. The van der Waals surface area contributed by atoms with Gasteiger partial charge in [0.15, 0.2) is 0 Å². The molecule has 0 radical (unpaired) electrons. The number of aliphatic carboxylic acids is 1. The summed E-state index contributed by atoms with van der Waals surface area (Å²) in [6.45, 7) is 2.10. The number of thioether (sulfide) groups is 1. The SMILES string of the molecule is CCSCCC(NC1CC1)(C(=O)O)c1ccccc1. The highest BCUT2D eigenvalue weighted by molar-refractivity contribution is 7.99. The lowest BCUT2D eigenvalue weighted by molar-refractivity contribution is -0.145. The van der Waals surface area contributed by atoms with Crippen LogP contribution in [0.3, 0.4) is 0 Å². The van der Waals surface area contributed by atoms with Crippen molar-refractivity contribution in [3.63, 3.8) is 0 Å². The van der Waals surface area contributed by atoms with Gasteiger partial charge in [-0.25, -0.2) is 4.79 Å². The van der Waals surface area contributed by atoms with Crippen LogP contribution in [0.1, 0.15) is 31.7 Å². The molecule has 1 unspecified atom stereocenters. The van der Waals surface area contributed by atoms with E-state index in [4.69, 9.17) is 0 Å². The molecule has 1 atom stereocenters. The molecule has 3 nitrogen and oxygen atoms in total. The van der Waals surface area contributed by atoms with Crippen LogP contribution in [0.25, 0.3) is 0 Å². The molecule has 0 aromatic heterocycles. The van der Waals surface area contributed by atoms with Gasteiger partial charge < -0.3 is 5.11 Å². The number of hydrogen-bond donors (Lipinski definition) is 2. The lowest BCUT2D eigenvalue weighted by Gasteiger charge is -2.31. The van der Waals surface area contributed by atoms with Crippen molar-refractivity contribution in [2.24, 2.45) is 0 Å². The highest BCUT2D eigenvalue weighted by Crippen LogP contribution is 2.32. The topological polar surface area (TPSA) is 49.3 Å². The summed E-state index contributed by atoms with van der Waals surface area (Å²) in [5.74, 6) is 1.12. The summed E-state index contributed by atoms with van der Waals surface area (Å²) in [6, 6.07) is 9.94. The molecule has 2 N–H and O–H groups in total. The number of nitrogens with one attached hydrogen (secondary N) is 1. The van der Waals surface area contributed by atoms with Gasteiger partial charge in [0.2, 0.25) is 0 Å².